The average Bonchev–Trinajstić information content (AvgIpc) is 2.60. The number of rotatable bonds is 10. The van der Waals surface area contributed by atoms with E-state index in [1.165, 1.54) is 34.1 Å². The summed E-state index contributed by atoms with van der Waals surface area (Å²) in [6.07, 6.45) is 0. The molecule has 1 rings (SSSR count). The number of benzene rings is 1. The smallest absolute Gasteiger partial charge is 0.254 e. The van der Waals surface area contributed by atoms with Crippen molar-refractivity contribution in [1.82, 2.24) is 9.80 Å². The average molecular weight is 340 g/mol. The van der Waals surface area contributed by atoms with Gasteiger partial charge in [-0.25, -0.2) is 0 Å². The number of carbonyl (C=O) groups excluding carboxylic acids is 2. The minimum atomic E-state index is -0.348. The lowest BCUT2D eigenvalue weighted by Gasteiger charge is -2.22. The minimum absolute atomic E-state index is 0.112. The van der Waals surface area contributed by atoms with Gasteiger partial charge >= 0.3 is 0 Å². The Morgan fingerprint density at radius 3 is 1.08 bits per heavy atom. The maximum Gasteiger partial charge on any atom is 0.254 e. The van der Waals surface area contributed by atoms with Crippen molar-refractivity contribution in [1.29, 1.82) is 0 Å². The lowest BCUT2D eigenvalue weighted by molar-refractivity contribution is 0.0676. The summed E-state index contributed by atoms with van der Waals surface area (Å²) < 4.78 is 0. The Morgan fingerprint density at radius 1 is 0.625 bits per heavy atom. The highest BCUT2D eigenvalue weighted by molar-refractivity contribution is 5.97. The molecule has 0 radical (unpaired) electrons. The lowest BCUT2D eigenvalue weighted by Crippen LogP contribution is -2.36. The van der Waals surface area contributed by atoms with Gasteiger partial charge in [0.15, 0.2) is 0 Å². The number of hydrogen-bond donors (Lipinski definition) is 4. The van der Waals surface area contributed by atoms with Crippen molar-refractivity contribution < 1.29 is 30.0 Å². The Labute approximate surface area is 140 Å². The molecule has 24 heavy (non-hydrogen) atoms. The van der Waals surface area contributed by atoms with E-state index in [2.05, 4.69) is 0 Å². The lowest BCUT2D eigenvalue weighted by atomic mass is 10.1. The highest BCUT2D eigenvalue weighted by Gasteiger charge is 2.18. The van der Waals surface area contributed by atoms with Gasteiger partial charge in [-0.2, -0.15) is 0 Å². The standard InChI is InChI=1S/C16H24N2O6/c19-9-5-17(6-10-20)15(23)13-1-2-14(4-3-13)16(24)18(7-11-21)8-12-22/h1-4,19-22H,5-12H2. The molecular weight excluding hydrogens is 316 g/mol. The largest absolute Gasteiger partial charge is 0.395 e. The second-order valence-corrected chi connectivity index (χ2v) is 5.06. The summed E-state index contributed by atoms with van der Waals surface area (Å²) in [5, 5.41) is 35.9. The third-order valence-corrected chi connectivity index (χ3v) is 3.43. The zero-order valence-electron chi connectivity index (χ0n) is 13.5. The van der Waals surface area contributed by atoms with E-state index in [4.69, 9.17) is 20.4 Å². The van der Waals surface area contributed by atoms with Gasteiger partial charge in [-0.1, -0.05) is 0 Å². The predicted octanol–water partition coefficient (Wildman–Crippen LogP) is -1.46. The molecule has 134 valence electrons. The fraction of sp³-hybridized carbons (Fsp3) is 0.500. The molecule has 0 saturated heterocycles. The van der Waals surface area contributed by atoms with Crippen LogP contribution in [0, 0.1) is 0 Å². The molecule has 0 saturated carbocycles. The number of hydrogen-bond acceptors (Lipinski definition) is 6. The molecule has 0 fully saturated rings. The van der Waals surface area contributed by atoms with Gasteiger partial charge in [0.05, 0.1) is 26.4 Å². The Kier molecular flexibility index (Phi) is 8.95. The molecule has 0 aliphatic heterocycles. The second-order valence-electron chi connectivity index (χ2n) is 5.06. The molecule has 0 aliphatic rings. The maximum atomic E-state index is 12.3. The van der Waals surface area contributed by atoms with Gasteiger partial charge in [0.1, 0.15) is 0 Å². The zero-order chi connectivity index (χ0) is 17.9. The first-order chi connectivity index (χ1) is 11.6. The van der Waals surface area contributed by atoms with Crippen molar-refractivity contribution in [3.05, 3.63) is 35.4 Å². The number of amides is 2. The van der Waals surface area contributed by atoms with Crippen LogP contribution in [0.15, 0.2) is 24.3 Å². The van der Waals surface area contributed by atoms with Crippen LogP contribution in [0.25, 0.3) is 0 Å². The van der Waals surface area contributed by atoms with Gasteiger partial charge < -0.3 is 30.2 Å². The maximum absolute atomic E-state index is 12.3. The van der Waals surface area contributed by atoms with E-state index in [-0.39, 0.29) is 64.4 Å². The van der Waals surface area contributed by atoms with Crippen LogP contribution in [-0.4, -0.2) is 94.6 Å². The fourth-order valence-corrected chi connectivity index (χ4v) is 2.23. The quantitative estimate of drug-likeness (QED) is 0.413. The van der Waals surface area contributed by atoms with Crippen LogP contribution in [0.2, 0.25) is 0 Å². The van der Waals surface area contributed by atoms with Gasteiger partial charge in [-0.15, -0.1) is 0 Å². The van der Waals surface area contributed by atoms with Crippen molar-refractivity contribution >= 4 is 11.8 Å². The summed E-state index contributed by atoms with van der Waals surface area (Å²) >= 11 is 0. The molecule has 0 spiro atoms. The van der Waals surface area contributed by atoms with E-state index in [0.29, 0.717) is 11.1 Å². The number of aliphatic hydroxyl groups is 4. The molecule has 0 aromatic heterocycles. The topological polar surface area (TPSA) is 122 Å². The van der Waals surface area contributed by atoms with Crippen LogP contribution in [0.5, 0.6) is 0 Å². The molecule has 0 aliphatic carbocycles. The molecule has 4 N–H and O–H groups in total. The van der Waals surface area contributed by atoms with Crippen molar-refractivity contribution in [2.75, 3.05) is 52.6 Å². The fourth-order valence-electron chi connectivity index (χ4n) is 2.23. The third kappa shape index (κ3) is 5.57. The first-order valence-corrected chi connectivity index (χ1v) is 7.71. The molecule has 1 aromatic rings. The van der Waals surface area contributed by atoms with Crippen LogP contribution < -0.4 is 0 Å². The normalized spacial score (nSPS) is 10.5. The van der Waals surface area contributed by atoms with Crippen LogP contribution in [-0.2, 0) is 0 Å². The molecular formula is C16H24N2O6. The zero-order valence-corrected chi connectivity index (χ0v) is 13.5. The number of carbonyl (C=O) groups is 2. The van der Waals surface area contributed by atoms with Crippen molar-refractivity contribution in [2.45, 2.75) is 0 Å². The Bertz CT molecular complexity index is 461. The molecule has 0 atom stereocenters. The third-order valence-electron chi connectivity index (χ3n) is 3.43. The molecule has 8 nitrogen and oxygen atoms in total. The Hall–Kier alpha value is -2.00. The van der Waals surface area contributed by atoms with E-state index in [0.717, 1.165) is 0 Å². The molecule has 8 heteroatoms. The summed E-state index contributed by atoms with van der Waals surface area (Å²) in [4.78, 5) is 27.2. The van der Waals surface area contributed by atoms with E-state index in [1.807, 2.05) is 0 Å². The number of aliphatic hydroxyl groups excluding tert-OH is 4. The number of nitrogens with zero attached hydrogens (tertiary/aromatic N) is 2. The highest BCUT2D eigenvalue weighted by atomic mass is 16.3. The first-order valence-electron chi connectivity index (χ1n) is 7.71. The van der Waals surface area contributed by atoms with E-state index in [1.54, 1.807) is 0 Å². The highest BCUT2D eigenvalue weighted by Crippen LogP contribution is 2.10. The minimum Gasteiger partial charge on any atom is -0.395 e. The second kappa shape index (κ2) is 10.7. The van der Waals surface area contributed by atoms with Crippen LogP contribution in [0.4, 0.5) is 0 Å². The van der Waals surface area contributed by atoms with E-state index < -0.39 is 0 Å². The van der Waals surface area contributed by atoms with E-state index in [9.17, 15) is 9.59 Å². The summed E-state index contributed by atoms with van der Waals surface area (Å²) in [6.45, 7) is -0.387. The van der Waals surface area contributed by atoms with Crippen LogP contribution in [0.3, 0.4) is 0 Å². The van der Waals surface area contributed by atoms with Gasteiger partial charge in [-0.3, -0.25) is 9.59 Å². The van der Waals surface area contributed by atoms with Gasteiger partial charge in [0.25, 0.3) is 11.8 Å². The van der Waals surface area contributed by atoms with Crippen LogP contribution in [0.1, 0.15) is 20.7 Å². The molecule has 1 aromatic carbocycles. The van der Waals surface area contributed by atoms with Crippen LogP contribution >= 0.6 is 0 Å². The SMILES string of the molecule is O=C(c1ccc(C(=O)N(CCO)CCO)cc1)N(CCO)CCO. The van der Waals surface area contributed by atoms with Crippen molar-refractivity contribution in [3.8, 4) is 0 Å². The molecule has 0 heterocycles. The predicted molar refractivity (Wildman–Crippen MR) is 86.6 cm³/mol. The summed E-state index contributed by atoms with van der Waals surface area (Å²) in [5.41, 5.74) is 0.675. The van der Waals surface area contributed by atoms with E-state index >= 15 is 0 Å². The molecule has 0 unspecified atom stereocenters. The summed E-state index contributed by atoms with van der Waals surface area (Å²) in [5.74, 6) is -0.695. The summed E-state index contributed by atoms with van der Waals surface area (Å²) in [6, 6.07) is 5.97. The monoisotopic (exact) mass is 340 g/mol. The molecule has 2 amide bonds. The van der Waals surface area contributed by atoms with Gasteiger partial charge in [0.2, 0.25) is 0 Å². The van der Waals surface area contributed by atoms with Crippen molar-refractivity contribution in [2.24, 2.45) is 0 Å². The van der Waals surface area contributed by atoms with Gasteiger partial charge in [-0.05, 0) is 24.3 Å². The van der Waals surface area contributed by atoms with Gasteiger partial charge in [0, 0.05) is 37.3 Å². The Morgan fingerprint density at radius 2 is 0.875 bits per heavy atom. The summed E-state index contributed by atoms with van der Waals surface area (Å²) in [7, 11) is 0. The first kappa shape index (κ1) is 20.0. The van der Waals surface area contributed by atoms with Crippen molar-refractivity contribution in [3.63, 3.8) is 0 Å². The Balaban J connectivity index is 2.87. The molecule has 0 bridgehead atoms.